The van der Waals surface area contributed by atoms with Crippen molar-refractivity contribution < 1.29 is 0 Å². The van der Waals surface area contributed by atoms with Crippen LogP contribution in [0.25, 0.3) is 11.0 Å². The lowest BCUT2D eigenvalue weighted by atomic mass is 9.91. The molecule has 3 heteroatoms. The molecule has 1 saturated heterocycles. The van der Waals surface area contributed by atoms with Crippen molar-refractivity contribution in [2.75, 3.05) is 6.54 Å². The highest BCUT2D eigenvalue weighted by atomic mass is 15.1. The van der Waals surface area contributed by atoms with Crippen LogP contribution >= 0.6 is 0 Å². The molecular weight excluding hydrogens is 234 g/mol. The number of benzene rings is 1. The molecule has 0 bridgehead atoms. The normalized spacial score (nSPS) is 23.3. The first-order valence-corrected chi connectivity index (χ1v) is 7.35. The van der Waals surface area contributed by atoms with Crippen LogP contribution in [0.3, 0.4) is 0 Å². The van der Waals surface area contributed by atoms with Crippen molar-refractivity contribution in [3.05, 3.63) is 29.6 Å². The summed E-state index contributed by atoms with van der Waals surface area (Å²) in [5, 5.41) is 3.72. The molecule has 1 aliphatic heterocycles. The topological polar surface area (TPSA) is 29.9 Å². The Kier molecular flexibility index (Phi) is 3.09. The number of rotatable bonds is 3. The minimum absolute atomic E-state index is 0.0937. The average molecular weight is 257 g/mol. The van der Waals surface area contributed by atoms with Crippen molar-refractivity contribution in [2.24, 2.45) is 7.05 Å². The summed E-state index contributed by atoms with van der Waals surface area (Å²) in [7, 11) is 2.15. The standard InChI is InChI=1S/C16H23N3/c1-4-8-16(9-5-10-17-16)15-18-13-11-12(2)6-7-14(13)19(15)3/h6-7,11,17H,4-5,8-10H2,1-3H3. The van der Waals surface area contributed by atoms with Gasteiger partial charge in [-0.1, -0.05) is 19.4 Å². The minimum Gasteiger partial charge on any atom is -0.330 e. The fourth-order valence-corrected chi connectivity index (χ4v) is 3.49. The number of nitrogens with one attached hydrogen (secondary N) is 1. The molecule has 1 aliphatic rings. The van der Waals surface area contributed by atoms with Crippen molar-refractivity contribution in [1.82, 2.24) is 14.9 Å². The maximum atomic E-state index is 4.95. The van der Waals surface area contributed by atoms with Gasteiger partial charge in [0.25, 0.3) is 0 Å². The fourth-order valence-electron chi connectivity index (χ4n) is 3.49. The van der Waals surface area contributed by atoms with Crippen LogP contribution in [0.4, 0.5) is 0 Å². The van der Waals surface area contributed by atoms with Crippen molar-refractivity contribution in [1.29, 1.82) is 0 Å². The van der Waals surface area contributed by atoms with Crippen molar-refractivity contribution in [3.63, 3.8) is 0 Å². The Morgan fingerprint density at radius 2 is 2.26 bits per heavy atom. The summed E-state index contributed by atoms with van der Waals surface area (Å²) < 4.78 is 2.28. The maximum absolute atomic E-state index is 4.95. The average Bonchev–Trinajstić information content (AvgIpc) is 2.96. The molecule has 19 heavy (non-hydrogen) atoms. The molecular formula is C16H23N3. The molecule has 1 fully saturated rings. The summed E-state index contributed by atoms with van der Waals surface area (Å²) in [6.45, 7) is 5.50. The fraction of sp³-hybridized carbons (Fsp3) is 0.562. The van der Waals surface area contributed by atoms with Gasteiger partial charge in [0.1, 0.15) is 5.82 Å². The molecule has 102 valence electrons. The molecule has 0 amide bonds. The number of imidazole rings is 1. The molecule has 3 rings (SSSR count). The Morgan fingerprint density at radius 3 is 2.95 bits per heavy atom. The van der Waals surface area contributed by atoms with E-state index in [0.717, 1.165) is 12.1 Å². The number of nitrogens with zero attached hydrogens (tertiary/aromatic N) is 2. The Bertz CT molecular complexity index is 591. The Hall–Kier alpha value is -1.35. The summed E-state index contributed by atoms with van der Waals surface area (Å²) >= 11 is 0. The third-order valence-electron chi connectivity index (χ3n) is 4.38. The van der Waals surface area contributed by atoms with Gasteiger partial charge in [-0.3, -0.25) is 0 Å². The van der Waals surface area contributed by atoms with E-state index in [-0.39, 0.29) is 5.54 Å². The monoisotopic (exact) mass is 257 g/mol. The zero-order valence-corrected chi connectivity index (χ0v) is 12.2. The summed E-state index contributed by atoms with van der Waals surface area (Å²) in [4.78, 5) is 4.95. The van der Waals surface area contributed by atoms with Crippen LogP contribution in [0.1, 0.15) is 44.0 Å². The molecule has 0 aliphatic carbocycles. The van der Waals surface area contributed by atoms with Gasteiger partial charge in [-0.05, 0) is 50.4 Å². The zero-order valence-electron chi connectivity index (χ0n) is 12.2. The Morgan fingerprint density at radius 1 is 1.42 bits per heavy atom. The maximum Gasteiger partial charge on any atom is 0.130 e. The van der Waals surface area contributed by atoms with Gasteiger partial charge >= 0.3 is 0 Å². The molecule has 2 heterocycles. The van der Waals surface area contributed by atoms with Crippen molar-refractivity contribution >= 4 is 11.0 Å². The second kappa shape index (κ2) is 4.64. The van der Waals surface area contributed by atoms with E-state index in [9.17, 15) is 0 Å². The first-order chi connectivity index (χ1) is 9.16. The van der Waals surface area contributed by atoms with E-state index in [0.29, 0.717) is 0 Å². The largest absolute Gasteiger partial charge is 0.330 e. The van der Waals surface area contributed by atoms with E-state index >= 15 is 0 Å². The highest BCUT2D eigenvalue weighted by molar-refractivity contribution is 5.77. The van der Waals surface area contributed by atoms with Gasteiger partial charge in [0.15, 0.2) is 0 Å². The van der Waals surface area contributed by atoms with E-state index in [1.165, 1.54) is 42.6 Å². The molecule has 1 aromatic heterocycles. The van der Waals surface area contributed by atoms with Gasteiger partial charge in [-0.25, -0.2) is 4.98 Å². The van der Waals surface area contributed by atoms with Crippen LogP contribution in [0.5, 0.6) is 0 Å². The second-order valence-corrected chi connectivity index (χ2v) is 5.85. The van der Waals surface area contributed by atoms with Crippen LogP contribution in [-0.2, 0) is 12.6 Å². The van der Waals surface area contributed by atoms with Crippen LogP contribution < -0.4 is 5.32 Å². The second-order valence-electron chi connectivity index (χ2n) is 5.85. The first kappa shape index (κ1) is 12.7. The molecule has 1 atom stereocenters. The van der Waals surface area contributed by atoms with Gasteiger partial charge in [-0.15, -0.1) is 0 Å². The van der Waals surface area contributed by atoms with E-state index < -0.39 is 0 Å². The van der Waals surface area contributed by atoms with Crippen LogP contribution in [-0.4, -0.2) is 16.1 Å². The number of fused-ring (bicyclic) bond motifs is 1. The molecule has 0 radical (unpaired) electrons. The summed E-state index contributed by atoms with van der Waals surface area (Å²) in [6, 6.07) is 6.55. The Labute approximate surface area is 115 Å². The lowest BCUT2D eigenvalue weighted by Gasteiger charge is -2.28. The number of aryl methyl sites for hydroxylation is 2. The quantitative estimate of drug-likeness (QED) is 0.914. The smallest absolute Gasteiger partial charge is 0.130 e. The molecule has 3 nitrogen and oxygen atoms in total. The van der Waals surface area contributed by atoms with E-state index in [4.69, 9.17) is 4.98 Å². The summed E-state index contributed by atoms with van der Waals surface area (Å²) in [5.74, 6) is 1.22. The van der Waals surface area contributed by atoms with Gasteiger partial charge in [0.2, 0.25) is 0 Å². The van der Waals surface area contributed by atoms with E-state index in [1.54, 1.807) is 0 Å². The highest BCUT2D eigenvalue weighted by Gasteiger charge is 2.38. The number of hydrogen-bond acceptors (Lipinski definition) is 2. The van der Waals surface area contributed by atoms with Crippen LogP contribution in [0.2, 0.25) is 0 Å². The summed E-state index contributed by atoms with van der Waals surface area (Å²) in [5.41, 5.74) is 3.74. The third-order valence-corrected chi connectivity index (χ3v) is 4.38. The van der Waals surface area contributed by atoms with Gasteiger partial charge in [0.05, 0.1) is 16.6 Å². The predicted octanol–water partition coefficient (Wildman–Crippen LogP) is 3.26. The van der Waals surface area contributed by atoms with Gasteiger partial charge in [0, 0.05) is 7.05 Å². The third kappa shape index (κ3) is 1.96. The highest BCUT2D eigenvalue weighted by Crippen LogP contribution is 2.36. The van der Waals surface area contributed by atoms with Crippen LogP contribution in [0, 0.1) is 6.92 Å². The molecule has 2 aromatic rings. The zero-order chi connectivity index (χ0) is 13.5. The predicted molar refractivity (Wildman–Crippen MR) is 79.3 cm³/mol. The number of hydrogen-bond donors (Lipinski definition) is 1. The van der Waals surface area contributed by atoms with Gasteiger partial charge < -0.3 is 9.88 Å². The number of aromatic nitrogens is 2. The van der Waals surface area contributed by atoms with E-state index in [1.807, 2.05) is 0 Å². The first-order valence-electron chi connectivity index (χ1n) is 7.35. The molecule has 0 saturated carbocycles. The molecule has 1 aromatic carbocycles. The molecule has 0 spiro atoms. The van der Waals surface area contributed by atoms with Crippen molar-refractivity contribution in [3.8, 4) is 0 Å². The van der Waals surface area contributed by atoms with E-state index in [2.05, 4.69) is 49.0 Å². The molecule has 1 N–H and O–H groups in total. The lowest BCUT2D eigenvalue weighted by Crippen LogP contribution is -2.39. The summed E-state index contributed by atoms with van der Waals surface area (Å²) in [6.07, 6.45) is 4.82. The Balaban J connectivity index is 2.15. The minimum atomic E-state index is 0.0937. The van der Waals surface area contributed by atoms with Gasteiger partial charge in [-0.2, -0.15) is 0 Å². The molecule has 1 unspecified atom stereocenters. The van der Waals surface area contributed by atoms with Crippen LogP contribution in [0.15, 0.2) is 18.2 Å². The lowest BCUT2D eigenvalue weighted by molar-refractivity contribution is 0.327. The SMILES string of the molecule is CCCC1(c2nc3cc(C)ccc3n2C)CCCN1. The van der Waals surface area contributed by atoms with Crippen molar-refractivity contribution in [2.45, 2.75) is 45.1 Å².